The highest BCUT2D eigenvalue weighted by atomic mass is 16.5. The van der Waals surface area contributed by atoms with Gasteiger partial charge in [-0.15, -0.1) is 0 Å². The third-order valence-corrected chi connectivity index (χ3v) is 2.76. The molecule has 0 atom stereocenters. The molecule has 7 heteroatoms. The van der Waals surface area contributed by atoms with Gasteiger partial charge in [-0.3, -0.25) is 9.67 Å². The van der Waals surface area contributed by atoms with Crippen molar-refractivity contribution < 1.29 is 14.6 Å². The lowest BCUT2D eigenvalue weighted by Gasteiger charge is -2.18. The van der Waals surface area contributed by atoms with Gasteiger partial charge in [0.05, 0.1) is 18.0 Å². The smallest absolute Gasteiger partial charge is 0.339 e. The van der Waals surface area contributed by atoms with Crippen LogP contribution in [-0.4, -0.2) is 39.3 Å². The minimum Gasteiger partial charge on any atom is -0.478 e. The van der Waals surface area contributed by atoms with Crippen LogP contribution in [0.25, 0.3) is 0 Å². The molecule has 1 heterocycles. The molecule has 0 unspecified atom stereocenters. The first kappa shape index (κ1) is 17.2. The Balaban J connectivity index is 2.81. The van der Waals surface area contributed by atoms with Crippen LogP contribution in [0, 0.1) is 0 Å². The normalized spacial score (nSPS) is 12.5. The number of aromatic carboxylic acids is 1. The zero-order valence-electron chi connectivity index (χ0n) is 13.3. The first-order valence-corrected chi connectivity index (χ1v) is 6.90. The molecule has 21 heavy (non-hydrogen) atoms. The Bertz CT molecular complexity index is 515. The molecule has 1 rings (SSSR count). The monoisotopic (exact) mass is 296 g/mol. The predicted octanol–water partition coefficient (Wildman–Crippen LogP) is 1.88. The summed E-state index contributed by atoms with van der Waals surface area (Å²) in [6, 6.07) is 0. The van der Waals surface area contributed by atoms with Crippen molar-refractivity contribution in [2.24, 2.45) is 4.99 Å². The summed E-state index contributed by atoms with van der Waals surface area (Å²) < 4.78 is 7.15. The SMILES string of the molecule is CC/C(=N\C)NCn1cc(C(=O)O)c(COC(C)(C)C)n1. The van der Waals surface area contributed by atoms with Gasteiger partial charge < -0.3 is 15.2 Å². The lowest BCUT2D eigenvalue weighted by atomic mass is 10.2. The number of rotatable bonds is 6. The molecular weight excluding hydrogens is 272 g/mol. The van der Waals surface area contributed by atoms with E-state index in [2.05, 4.69) is 15.4 Å². The second-order valence-corrected chi connectivity index (χ2v) is 5.59. The van der Waals surface area contributed by atoms with Gasteiger partial charge in [-0.05, 0) is 20.8 Å². The zero-order valence-corrected chi connectivity index (χ0v) is 13.3. The van der Waals surface area contributed by atoms with Crippen molar-refractivity contribution in [1.82, 2.24) is 15.1 Å². The minimum atomic E-state index is -1.01. The van der Waals surface area contributed by atoms with E-state index in [9.17, 15) is 9.90 Å². The van der Waals surface area contributed by atoms with E-state index in [0.29, 0.717) is 12.4 Å². The molecule has 118 valence electrons. The number of hydrogen-bond acceptors (Lipinski definition) is 4. The minimum absolute atomic E-state index is 0.160. The van der Waals surface area contributed by atoms with Crippen molar-refractivity contribution >= 4 is 11.8 Å². The third kappa shape index (κ3) is 5.55. The molecule has 0 saturated carbocycles. The van der Waals surface area contributed by atoms with Crippen molar-refractivity contribution in [3.8, 4) is 0 Å². The Morgan fingerprint density at radius 1 is 1.52 bits per heavy atom. The maximum atomic E-state index is 11.3. The third-order valence-electron chi connectivity index (χ3n) is 2.76. The van der Waals surface area contributed by atoms with Crippen LogP contribution in [0.1, 0.15) is 50.2 Å². The van der Waals surface area contributed by atoms with Crippen molar-refractivity contribution in [3.63, 3.8) is 0 Å². The number of hydrogen-bond donors (Lipinski definition) is 2. The first-order valence-electron chi connectivity index (χ1n) is 6.90. The molecular formula is C14H24N4O3. The maximum absolute atomic E-state index is 11.3. The summed E-state index contributed by atoms with van der Waals surface area (Å²) >= 11 is 0. The van der Waals surface area contributed by atoms with E-state index in [-0.39, 0.29) is 17.8 Å². The lowest BCUT2D eigenvalue weighted by Crippen LogP contribution is -2.26. The van der Waals surface area contributed by atoms with Gasteiger partial charge in [0.25, 0.3) is 0 Å². The van der Waals surface area contributed by atoms with E-state index >= 15 is 0 Å². The Kier molecular flexibility index (Phi) is 5.90. The average molecular weight is 296 g/mol. The van der Waals surface area contributed by atoms with E-state index < -0.39 is 5.97 Å². The summed E-state index contributed by atoms with van der Waals surface area (Å²) in [5.41, 5.74) is 0.237. The summed E-state index contributed by atoms with van der Waals surface area (Å²) in [4.78, 5) is 15.3. The second-order valence-electron chi connectivity index (χ2n) is 5.59. The average Bonchev–Trinajstić information content (AvgIpc) is 2.80. The van der Waals surface area contributed by atoms with Gasteiger partial charge in [0.1, 0.15) is 17.9 Å². The number of ether oxygens (including phenoxy) is 1. The number of aliphatic imine (C=N–C) groups is 1. The fraction of sp³-hybridized carbons (Fsp3) is 0.643. The van der Waals surface area contributed by atoms with E-state index in [4.69, 9.17) is 4.74 Å². The van der Waals surface area contributed by atoms with Gasteiger partial charge in [-0.2, -0.15) is 5.10 Å². The number of carboxylic acids is 1. The summed E-state index contributed by atoms with van der Waals surface area (Å²) in [6.45, 7) is 8.27. The first-order chi connectivity index (χ1) is 9.76. The van der Waals surface area contributed by atoms with Crippen LogP contribution in [0.3, 0.4) is 0 Å². The van der Waals surface area contributed by atoms with Crippen molar-refractivity contribution in [3.05, 3.63) is 17.5 Å². The van der Waals surface area contributed by atoms with E-state index in [1.807, 2.05) is 27.7 Å². The standard InChI is InChI=1S/C14H24N4O3/c1-6-12(15-5)16-9-18-7-10(13(19)20)11(17-18)8-21-14(2,3)4/h7H,6,8-9H2,1-5H3,(H,15,16)(H,19,20). The van der Waals surface area contributed by atoms with Crippen molar-refractivity contribution in [2.75, 3.05) is 7.05 Å². The maximum Gasteiger partial charge on any atom is 0.339 e. The van der Waals surface area contributed by atoms with Gasteiger partial charge >= 0.3 is 5.97 Å². The molecule has 0 amide bonds. The number of nitrogens with one attached hydrogen (secondary N) is 1. The quantitative estimate of drug-likeness (QED) is 0.618. The predicted molar refractivity (Wildman–Crippen MR) is 80.5 cm³/mol. The molecule has 0 saturated heterocycles. The zero-order chi connectivity index (χ0) is 16.0. The van der Waals surface area contributed by atoms with E-state index in [1.165, 1.54) is 6.20 Å². The lowest BCUT2D eigenvalue weighted by molar-refractivity contribution is -0.0171. The number of carbonyl (C=O) groups is 1. The fourth-order valence-electron chi connectivity index (χ4n) is 1.65. The Morgan fingerprint density at radius 3 is 2.67 bits per heavy atom. The van der Waals surface area contributed by atoms with Gasteiger partial charge in [0.2, 0.25) is 0 Å². The highest BCUT2D eigenvalue weighted by Gasteiger charge is 2.18. The van der Waals surface area contributed by atoms with Crippen LogP contribution >= 0.6 is 0 Å². The molecule has 2 N–H and O–H groups in total. The highest BCUT2D eigenvalue weighted by molar-refractivity contribution is 5.88. The molecule has 7 nitrogen and oxygen atoms in total. The molecule has 0 fully saturated rings. The van der Waals surface area contributed by atoms with Gasteiger partial charge in [-0.1, -0.05) is 6.92 Å². The Morgan fingerprint density at radius 2 is 2.19 bits per heavy atom. The van der Waals surface area contributed by atoms with Crippen LogP contribution in [0.4, 0.5) is 0 Å². The van der Waals surface area contributed by atoms with Crippen LogP contribution in [0.5, 0.6) is 0 Å². The Hall–Kier alpha value is -1.89. The largest absolute Gasteiger partial charge is 0.478 e. The van der Waals surface area contributed by atoms with Crippen molar-refractivity contribution in [1.29, 1.82) is 0 Å². The molecule has 0 aliphatic carbocycles. The van der Waals surface area contributed by atoms with E-state index in [1.54, 1.807) is 11.7 Å². The summed E-state index contributed by atoms with van der Waals surface area (Å²) in [7, 11) is 1.71. The fourth-order valence-corrected chi connectivity index (χ4v) is 1.65. The van der Waals surface area contributed by atoms with Gasteiger partial charge in [-0.25, -0.2) is 4.79 Å². The molecule has 1 aromatic heterocycles. The molecule has 0 aromatic carbocycles. The van der Waals surface area contributed by atoms with Crippen LogP contribution in [0.2, 0.25) is 0 Å². The number of aromatic nitrogens is 2. The van der Waals surface area contributed by atoms with E-state index in [0.717, 1.165) is 12.3 Å². The van der Waals surface area contributed by atoms with Gasteiger partial charge in [0, 0.05) is 19.7 Å². The molecule has 1 aromatic rings. The number of amidine groups is 1. The summed E-state index contributed by atoms with van der Waals surface area (Å²) in [6.07, 6.45) is 2.28. The highest BCUT2D eigenvalue weighted by Crippen LogP contribution is 2.14. The number of nitrogens with zero attached hydrogens (tertiary/aromatic N) is 3. The van der Waals surface area contributed by atoms with Crippen LogP contribution in [0.15, 0.2) is 11.2 Å². The van der Waals surface area contributed by atoms with Gasteiger partial charge in [0.15, 0.2) is 0 Å². The molecule has 0 aliphatic rings. The van der Waals surface area contributed by atoms with Crippen LogP contribution < -0.4 is 5.32 Å². The second kappa shape index (κ2) is 7.21. The molecule has 0 bridgehead atoms. The van der Waals surface area contributed by atoms with Crippen LogP contribution in [-0.2, 0) is 18.0 Å². The summed E-state index contributed by atoms with van der Waals surface area (Å²) in [5.74, 6) is -0.163. The summed E-state index contributed by atoms with van der Waals surface area (Å²) in [5, 5.41) is 16.6. The van der Waals surface area contributed by atoms with Crippen molar-refractivity contribution in [2.45, 2.75) is 53.0 Å². The topological polar surface area (TPSA) is 88.7 Å². The molecule has 0 aliphatic heterocycles. The Labute approximate surface area is 125 Å². The number of carboxylic acid groups (broad SMARTS) is 1. The molecule has 0 radical (unpaired) electrons. The molecule has 0 spiro atoms.